The molecule has 2 amide bonds. The van der Waals surface area contributed by atoms with Crippen LogP contribution in [-0.4, -0.2) is 56.4 Å². The Kier molecular flexibility index (Phi) is 8.05. The Labute approximate surface area is 242 Å². The number of halogens is 1. The van der Waals surface area contributed by atoms with Crippen molar-refractivity contribution in [1.29, 1.82) is 0 Å². The number of hydrogen-bond acceptors (Lipinski definition) is 8. The molecule has 4 aromatic rings. The second kappa shape index (κ2) is 11.9. The van der Waals surface area contributed by atoms with E-state index in [2.05, 4.69) is 20.7 Å². The standard InChI is InChI=1S/C30H31FN6O5/c1-30(2,3)32-29(39)27(20-6-10-22(31)11-7-20)36(16-19-5-14-24-25(15-19)42-18-41-24)26(38)17-37-34-28(33-35-37)21-8-12-23(40-4)13-9-21/h5-15,27H,16-18H2,1-4H3,(H,32,39)/t27-/m1/s1. The molecular formula is C30H31FN6O5. The van der Waals surface area contributed by atoms with Crippen molar-refractivity contribution < 1.29 is 28.2 Å². The molecule has 0 saturated carbocycles. The Morgan fingerprint density at radius 3 is 2.45 bits per heavy atom. The Bertz CT molecular complexity index is 1570. The molecule has 0 saturated heterocycles. The molecule has 0 unspecified atom stereocenters. The maximum absolute atomic E-state index is 14.0. The van der Waals surface area contributed by atoms with Gasteiger partial charge in [0.05, 0.1) is 7.11 Å². The minimum absolute atomic E-state index is 0.0368. The van der Waals surface area contributed by atoms with Crippen LogP contribution in [0.15, 0.2) is 66.7 Å². The van der Waals surface area contributed by atoms with Crippen molar-refractivity contribution in [2.75, 3.05) is 13.9 Å². The van der Waals surface area contributed by atoms with Crippen LogP contribution < -0.4 is 19.5 Å². The molecule has 11 nitrogen and oxygen atoms in total. The van der Waals surface area contributed by atoms with Crippen molar-refractivity contribution in [2.45, 2.75) is 45.4 Å². The van der Waals surface area contributed by atoms with E-state index in [0.717, 1.165) is 0 Å². The zero-order valence-corrected chi connectivity index (χ0v) is 23.7. The van der Waals surface area contributed by atoms with Crippen LogP contribution >= 0.6 is 0 Å². The third-order valence-corrected chi connectivity index (χ3v) is 6.43. The number of tetrazole rings is 1. The second-order valence-electron chi connectivity index (χ2n) is 10.8. The fraction of sp³-hybridized carbons (Fsp3) is 0.300. The SMILES string of the molecule is COc1ccc(-c2nnn(CC(=O)N(Cc3ccc4c(c3)OCO4)[C@@H](C(=O)NC(C)(C)C)c3ccc(F)cc3)n2)cc1. The van der Waals surface area contributed by atoms with E-state index in [4.69, 9.17) is 14.2 Å². The lowest BCUT2D eigenvalue weighted by atomic mass is 10.0. The molecule has 1 N–H and O–H groups in total. The molecule has 42 heavy (non-hydrogen) atoms. The van der Waals surface area contributed by atoms with E-state index in [-0.39, 0.29) is 19.9 Å². The number of nitrogens with zero attached hydrogens (tertiary/aromatic N) is 5. The minimum atomic E-state index is -1.09. The fourth-order valence-electron chi connectivity index (χ4n) is 4.49. The zero-order valence-electron chi connectivity index (χ0n) is 23.7. The van der Waals surface area contributed by atoms with Gasteiger partial charge in [0.2, 0.25) is 24.4 Å². The van der Waals surface area contributed by atoms with Gasteiger partial charge in [-0.1, -0.05) is 18.2 Å². The van der Waals surface area contributed by atoms with Crippen LogP contribution in [-0.2, 0) is 22.7 Å². The normalized spacial score (nSPS) is 13.0. The molecular weight excluding hydrogens is 543 g/mol. The number of rotatable bonds is 9. The number of ether oxygens (including phenoxy) is 3. The van der Waals surface area contributed by atoms with Gasteiger partial charge >= 0.3 is 0 Å². The predicted octanol–water partition coefficient (Wildman–Crippen LogP) is 3.90. The molecule has 0 radical (unpaired) electrons. The van der Waals surface area contributed by atoms with E-state index in [9.17, 15) is 14.0 Å². The molecule has 1 atom stereocenters. The zero-order chi connectivity index (χ0) is 29.9. The molecule has 1 aromatic heterocycles. The average molecular weight is 575 g/mol. The van der Waals surface area contributed by atoms with Gasteiger partial charge < -0.3 is 24.4 Å². The van der Waals surface area contributed by atoms with Crippen LogP contribution in [0.3, 0.4) is 0 Å². The summed E-state index contributed by atoms with van der Waals surface area (Å²) in [6.07, 6.45) is 0. The summed E-state index contributed by atoms with van der Waals surface area (Å²) in [4.78, 5) is 30.4. The highest BCUT2D eigenvalue weighted by Gasteiger charge is 2.34. The Morgan fingerprint density at radius 1 is 1.05 bits per heavy atom. The molecule has 0 bridgehead atoms. The van der Waals surface area contributed by atoms with Crippen LogP contribution in [0, 0.1) is 5.82 Å². The van der Waals surface area contributed by atoms with E-state index in [1.807, 2.05) is 20.8 Å². The largest absolute Gasteiger partial charge is 0.497 e. The predicted molar refractivity (Wildman–Crippen MR) is 150 cm³/mol. The first-order valence-corrected chi connectivity index (χ1v) is 13.3. The van der Waals surface area contributed by atoms with Crippen molar-refractivity contribution >= 4 is 11.8 Å². The van der Waals surface area contributed by atoms with E-state index in [0.29, 0.717) is 39.8 Å². The Morgan fingerprint density at radius 2 is 1.76 bits per heavy atom. The molecule has 218 valence electrons. The van der Waals surface area contributed by atoms with Crippen LogP contribution in [0.1, 0.15) is 37.9 Å². The second-order valence-corrected chi connectivity index (χ2v) is 10.8. The Hall–Kier alpha value is -5.00. The topological polar surface area (TPSA) is 121 Å². The smallest absolute Gasteiger partial charge is 0.247 e. The van der Waals surface area contributed by atoms with Gasteiger partial charge in [0.15, 0.2) is 11.5 Å². The van der Waals surface area contributed by atoms with Crippen molar-refractivity contribution in [3.63, 3.8) is 0 Å². The van der Waals surface area contributed by atoms with E-state index in [1.165, 1.54) is 34.0 Å². The number of methoxy groups -OCH3 is 1. The highest BCUT2D eigenvalue weighted by molar-refractivity contribution is 5.89. The summed E-state index contributed by atoms with van der Waals surface area (Å²) in [5, 5.41) is 15.5. The summed E-state index contributed by atoms with van der Waals surface area (Å²) in [6.45, 7) is 5.37. The number of aromatic nitrogens is 4. The monoisotopic (exact) mass is 574 g/mol. The van der Waals surface area contributed by atoms with Gasteiger partial charge in [0, 0.05) is 17.6 Å². The summed E-state index contributed by atoms with van der Waals surface area (Å²) in [5.41, 5.74) is 1.25. The van der Waals surface area contributed by atoms with Gasteiger partial charge in [-0.2, -0.15) is 4.80 Å². The third-order valence-electron chi connectivity index (χ3n) is 6.43. The molecule has 1 aliphatic rings. The lowest BCUT2D eigenvalue weighted by Crippen LogP contribution is -2.49. The first-order chi connectivity index (χ1) is 20.1. The van der Waals surface area contributed by atoms with E-state index in [1.54, 1.807) is 49.6 Å². The highest BCUT2D eigenvalue weighted by Crippen LogP contribution is 2.34. The fourth-order valence-corrected chi connectivity index (χ4v) is 4.49. The van der Waals surface area contributed by atoms with Crippen molar-refractivity contribution in [1.82, 2.24) is 30.4 Å². The molecule has 12 heteroatoms. The average Bonchev–Trinajstić information content (AvgIpc) is 3.62. The van der Waals surface area contributed by atoms with Crippen molar-refractivity contribution in [3.8, 4) is 28.6 Å². The summed E-state index contributed by atoms with van der Waals surface area (Å²) in [6, 6.07) is 16.9. The molecule has 0 fully saturated rings. The maximum atomic E-state index is 14.0. The van der Waals surface area contributed by atoms with Gasteiger partial charge in [-0.05, 0) is 85.6 Å². The van der Waals surface area contributed by atoms with Crippen LogP contribution in [0.5, 0.6) is 17.2 Å². The lowest BCUT2D eigenvalue weighted by Gasteiger charge is -2.33. The first kappa shape index (κ1) is 28.5. The number of hydrogen-bond donors (Lipinski definition) is 1. The van der Waals surface area contributed by atoms with Crippen LogP contribution in [0.25, 0.3) is 11.4 Å². The van der Waals surface area contributed by atoms with Gasteiger partial charge in [-0.3, -0.25) is 9.59 Å². The number of benzene rings is 3. The number of carbonyl (C=O) groups is 2. The highest BCUT2D eigenvalue weighted by atomic mass is 19.1. The van der Waals surface area contributed by atoms with Crippen molar-refractivity contribution in [2.24, 2.45) is 0 Å². The number of amides is 2. The van der Waals surface area contributed by atoms with Gasteiger partial charge in [0.25, 0.3) is 0 Å². The van der Waals surface area contributed by atoms with Gasteiger partial charge in [0.1, 0.15) is 24.2 Å². The first-order valence-electron chi connectivity index (χ1n) is 13.3. The van der Waals surface area contributed by atoms with Crippen LogP contribution in [0.4, 0.5) is 4.39 Å². The minimum Gasteiger partial charge on any atom is -0.497 e. The number of fused-ring (bicyclic) bond motifs is 1. The van der Waals surface area contributed by atoms with Gasteiger partial charge in [-0.25, -0.2) is 4.39 Å². The third kappa shape index (κ3) is 6.65. The molecule has 5 rings (SSSR count). The number of nitrogens with one attached hydrogen (secondary N) is 1. The lowest BCUT2D eigenvalue weighted by molar-refractivity contribution is -0.143. The maximum Gasteiger partial charge on any atom is 0.247 e. The quantitative estimate of drug-likeness (QED) is 0.320. The number of carbonyl (C=O) groups excluding carboxylic acids is 2. The van der Waals surface area contributed by atoms with E-state index >= 15 is 0 Å². The van der Waals surface area contributed by atoms with Crippen molar-refractivity contribution in [3.05, 3.63) is 83.7 Å². The summed E-state index contributed by atoms with van der Waals surface area (Å²) in [5.74, 6) is 0.808. The Balaban J connectivity index is 1.49. The molecule has 0 aliphatic carbocycles. The molecule has 0 spiro atoms. The molecule has 2 heterocycles. The summed E-state index contributed by atoms with van der Waals surface area (Å²) in [7, 11) is 1.57. The van der Waals surface area contributed by atoms with Gasteiger partial charge in [-0.15, -0.1) is 10.2 Å². The summed E-state index contributed by atoms with van der Waals surface area (Å²) < 4.78 is 30.0. The van der Waals surface area contributed by atoms with E-state index < -0.39 is 29.2 Å². The molecule has 1 aliphatic heterocycles. The molecule has 3 aromatic carbocycles. The summed E-state index contributed by atoms with van der Waals surface area (Å²) >= 11 is 0. The van der Waals surface area contributed by atoms with Crippen LogP contribution in [0.2, 0.25) is 0 Å².